The van der Waals surface area contributed by atoms with Crippen molar-refractivity contribution < 1.29 is 0 Å². The van der Waals surface area contributed by atoms with Gasteiger partial charge in [-0.2, -0.15) is 5.10 Å². The molecule has 0 atom stereocenters. The van der Waals surface area contributed by atoms with Crippen molar-refractivity contribution in [2.45, 2.75) is 0 Å². The molecule has 96 valence electrons. The number of nitrogens with zero attached hydrogens (tertiary/aromatic N) is 3. The van der Waals surface area contributed by atoms with Gasteiger partial charge in [-0.15, -0.1) is 0 Å². The molecule has 19 heavy (non-hydrogen) atoms. The van der Waals surface area contributed by atoms with Gasteiger partial charge in [-0.1, -0.05) is 24.3 Å². The fourth-order valence-electron chi connectivity index (χ4n) is 1.46. The Morgan fingerprint density at radius 2 is 2.05 bits per heavy atom. The van der Waals surface area contributed by atoms with Crippen molar-refractivity contribution in [2.75, 3.05) is 11.9 Å². The molecule has 1 aromatic carbocycles. The van der Waals surface area contributed by atoms with Crippen molar-refractivity contribution in [1.82, 2.24) is 10.4 Å². The summed E-state index contributed by atoms with van der Waals surface area (Å²) in [4.78, 5) is 5.86. The Labute approximate surface area is 117 Å². The lowest BCUT2D eigenvalue weighted by Gasteiger charge is -2.18. The molecule has 2 aromatic rings. The quantitative estimate of drug-likeness (QED) is 0.528. The lowest BCUT2D eigenvalue weighted by atomic mass is 10.3. The number of rotatable bonds is 3. The van der Waals surface area contributed by atoms with Gasteiger partial charge in [0, 0.05) is 30.7 Å². The van der Waals surface area contributed by atoms with Gasteiger partial charge in [-0.3, -0.25) is 10.4 Å². The summed E-state index contributed by atoms with van der Waals surface area (Å²) >= 11 is 5.26. The molecule has 0 spiro atoms. The summed E-state index contributed by atoms with van der Waals surface area (Å²) in [6.45, 7) is 0. The molecule has 1 aromatic heterocycles. The maximum Gasteiger partial charge on any atom is 0.193 e. The Morgan fingerprint density at radius 1 is 1.26 bits per heavy atom. The van der Waals surface area contributed by atoms with Crippen LogP contribution < -0.4 is 10.3 Å². The first-order chi connectivity index (χ1) is 9.27. The smallest absolute Gasteiger partial charge is 0.193 e. The topological polar surface area (TPSA) is 40.5 Å². The van der Waals surface area contributed by atoms with E-state index in [1.807, 2.05) is 54.4 Å². The van der Waals surface area contributed by atoms with Crippen LogP contribution in [0.25, 0.3) is 0 Å². The number of thiocarbonyl (C=S) groups is 1. The number of benzene rings is 1. The van der Waals surface area contributed by atoms with E-state index < -0.39 is 0 Å². The second kappa shape index (κ2) is 6.61. The molecule has 0 fully saturated rings. The van der Waals surface area contributed by atoms with Crippen LogP contribution in [0.15, 0.2) is 60.0 Å². The van der Waals surface area contributed by atoms with E-state index in [0.29, 0.717) is 5.11 Å². The number of para-hydroxylation sites is 1. The molecule has 0 aliphatic rings. The number of anilines is 1. The Bertz CT molecular complexity index is 554. The Morgan fingerprint density at radius 3 is 2.74 bits per heavy atom. The first-order valence-electron chi connectivity index (χ1n) is 5.79. The molecule has 0 aliphatic carbocycles. The number of hydrazone groups is 1. The van der Waals surface area contributed by atoms with Gasteiger partial charge in [-0.05, 0) is 30.4 Å². The van der Waals surface area contributed by atoms with E-state index in [0.717, 1.165) is 11.3 Å². The third kappa shape index (κ3) is 3.86. The van der Waals surface area contributed by atoms with Crippen LogP contribution >= 0.6 is 12.2 Å². The van der Waals surface area contributed by atoms with Crippen molar-refractivity contribution >= 4 is 29.2 Å². The standard InChI is InChI=1S/C14H14N4S/c1-18(13-7-3-2-4-8-13)14(19)17-16-11-12-6-5-9-15-10-12/h2-11H,1H3,(H,17,19)/b16-11+. The van der Waals surface area contributed by atoms with Gasteiger partial charge in [0.05, 0.1) is 6.21 Å². The summed E-state index contributed by atoms with van der Waals surface area (Å²) in [5.41, 5.74) is 4.76. The highest BCUT2D eigenvalue weighted by Gasteiger charge is 2.04. The SMILES string of the molecule is CN(C(=S)N/N=C/c1cccnc1)c1ccccc1. The largest absolute Gasteiger partial charge is 0.321 e. The lowest BCUT2D eigenvalue weighted by Crippen LogP contribution is -2.34. The predicted octanol–water partition coefficient (Wildman–Crippen LogP) is 2.43. The zero-order chi connectivity index (χ0) is 13.5. The van der Waals surface area contributed by atoms with Crippen molar-refractivity contribution in [3.63, 3.8) is 0 Å². The molecule has 0 unspecified atom stereocenters. The minimum absolute atomic E-state index is 0.534. The lowest BCUT2D eigenvalue weighted by molar-refractivity contribution is 1.01. The summed E-state index contributed by atoms with van der Waals surface area (Å²) in [5, 5.41) is 4.62. The minimum atomic E-state index is 0.534. The molecule has 1 heterocycles. The third-order valence-corrected chi connectivity index (χ3v) is 2.87. The van der Waals surface area contributed by atoms with Crippen LogP contribution in [0.5, 0.6) is 0 Å². The van der Waals surface area contributed by atoms with Crippen molar-refractivity contribution in [2.24, 2.45) is 5.10 Å². The summed E-state index contributed by atoms with van der Waals surface area (Å²) in [5.74, 6) is 0. The van der Waals surface area contributed by atoms with Gasteiger partial charge in [0.15, 0.2) is 5.11 Å². The van der Waals surface area contributed by atoms with Crippen LogP contribution in [0.1, 0.15) is 5.56 Å². The van der Waals surface area contributed by atoms with Crippen LogP contribution in [0.3, 0.4) is 0 Å². The molecular formula is C14H14N4S. The van der Waals surface area contributed by atoms with Gasteiger partial charge in [0.25, 0.3) is 0 Å². The average molecular weight is 270 g/mol. The summed E-state index contributed by atoms with van der Waals surface area (Å²) in [7, 11) is 1.89. The van der Waals surface area contributed by atoms with Crippen molar-refractivity contribution in [1.29, 1.82) is 0 Å². The second-order valence-corrected chi connectivity index (χ2v) is 4.24. The molecule has 0 bridgehead atoms. The van der Waals surface area contributed by atoms with Crippen LogP contribution in [0.2, 0.25) is 0 Å². The molecule has 0 saturated carbocycles. The monoisotopic (exact) mass is 270 g/mol. The molecule has 4 nitrogen and oxygen atoms in total. The molecule has 5 heteroatoms. The Balaban J connectivity index is 1.93. The normalized spacial score (nSPS) is 10.4. The molecule has 2 rings (SSSR count). The number of pyridine rings is 1. The maximum atomic E-state index is 5.26. The Kier molecular flexibility index (Phi) is 4.58. The number of nitrogens with one attached hydrogen (secondary N) is 1. The summed E-state index contributed by atoms with van der Waals surface area (Å²) < 4.78 is 0. The number of hydrogen-bond acceptors (Lipinski definition) is 3. The van der Waals surface area contributed by atoms with Crippen LogP contribution in [0.4, 0.5) is 5.69 Å². The summed E-state index contributed by atoms with van der Waals surface area (Å²) in [6.07, 6.45) is 5.13. The fraction of sp³-hybridized carbons (Fsp3) is 0.0714. The zero-order valence-electron chi connectivity index (χ0n) is 10.5. The number of aromatic nitrogens is 1. The van der Waals surface area contributed by atoms with E-state index in [-0.39, 0.29) is 0 Å². The molecule has 0 saturated heterocycles. The summed E-state index contributed by atoms with van der Waals surface area (Å²) in [6, 6.07) is 13.6. The van der Waals surface area contributed by atoms with Gasteiger partial charge in [0.2, 0.25) is 0 Å². The second-order valence-electron chi connectivity index (χ2n) is 3.86. The highest BCUT2D eigenvalue weighted by molar-refractivity contribution is 7.80. The molecule has 0 amide bonds. The van der Waals surface area contributed by atoms with Crippen LogP contribution in [0, 0.1) is 0 Å². The van der Waals surface area contributed by atoms with Crippen molar-refractivity contribution in [3.8, 4) is 0 Å². The van der Waals surface area contributed by atoms with Crippen molar-refractivity contribution in [3.05, 3.63) is 60.4 Å². The van der Waals surface area contributed by atoms with Gasteiger partial charge < -0.3 is 4.90 Å². The fourth-order valence-corrected chi connectivity index (χ4v) is 1.62. The van der Waals surface area contributed by atoms with Gasteiger partial charge in [0.1, 0.15) is 0 Å². The molecule has 1 N–H and O–H groups in total. The Hall–Kier alpha value is -2.27. The highest BCUT2D eigenvalue weighted by Crippen LogP contribution is 2.10. The van der Waals surface area contributed by atoms with E-state index >= 15 is 0 Å². The molecule has 0 aliphatic heterocycles. The minimum Gasteiger partial charge on any atom is -0.321 e. The predicted molar refractivity (Wildman–Crippen MR) is 82.4 cm³/mol. The zero-order valence-corrected chi connectivity index (χ0v) is 11.3. The van der Waals surface area contributed by atoms with Gasteiger partial charge >= 0.3 is 0 Å². The van der Waals surface area contributed by atoms with E-state index in [1.165, 1.54) is 0 Å². The van der Waals surface area contributed by atoms with E-state index in [9.17, 15) is 0 Å². The highest BCUT2D eigenvalue weighted by atomic mass is 32.1. The molecule has 0 radical (unpaired) electrons. The maximum absolute atomic E-state index is 5.26. The van der Waals surface area contributed by atoms with Gasteiger partial charge in [-0.25, -0.2) is 0 Å². The van der Waals surface area contributed by atoms with Crippen LogP contribution in [-0.4, -0.2) is 23.4 Å². The van der Waals surface area contributed by atoms with E-state index in [4.69, 9.17) is 12.2 Å². The average Bonchev–Trinajstić information content (AvgIpc) is 2.48. The van der Waals surface area contributed by atoms with E-state index in [2.05, 4.69) is 15.5 Å². The number of hydrogen-bond donors (Lipinski definition) is 1. The first kappa shape index (κ1) is 13.2. The van der Waals surface area contributed by atoms with E-state index in [1.54, 1.807) is 18.6 Å². The molecular weight excluding hydrogens is 256 g/mol. The first-order valence-corrected chi connectivity index (χ1v) is 6.20. The van der Waals surface area contributed by atoms with Crippen LogP contribution in [-0.2, 0) is 0 Å². The third-order valence-electron chi connectivity index (χ3n) is 2.51.